The highest BCUT2D eigenvalue weighted by atomic mass is 79.9. The molecule has 4 aliphatic heterocycles. The number of nitrogens with zero attached hydrogens (tertiary/aromatic N) is 9. The number of anilines is 4. The van der Waals surface area contributed by atoms with Gasteiger partial charge in [-0.25, -0.2) is 28.6 Å². The molecule has 0 saturated carbocycles. The molecule has 5 heterocycles. The number of hydrogen-bond donors (Lipinski definition) is 5. The van der Waals surface area contributed by atoms with E-state index in [0.717, 1.165) is 142 Å². The van der Waals surface area contributed by atoms with Gasteiger partial charge < -0.3 is 74.5 Å². The van der Waals surface area contributed by atoms with E-state index in [-0.39, 0.29) is 64.9 Å². The van der Waals surface area contributed by atoms with E-state index in [9.17, 15) is 28.7 Å². The summed E-state index contributed by atoms with van der Waals surface area (Å²) in [5, 5.41) is 22.5. The number of aromatic hydroxyl groups is 1. The van der Waals surface area contributed by atoms with E-state index >= 15 is 0 Å². The van der Waals surface area contributed by atoms with Crippen molar-refractivity contribution in [3.63, 3.8) is 0 Å². The zero-order chi connectivity index (χ0) is 89.2. The molecule has 4 aliphatic rings. The van der Waals surface area contributed by atoms with Gasteiger partial charge in [0.15, 0.2) is 5.13 Å². The number of carbonyl (C=O) groups excluding carboxylic acids is 4. The van der Waals surface area contributed by atoms with Crippen molar-refractivity contribution in [2.45, 2.75) is 233 Å². The van der Waals surface area contributed by atoms with Gasteiger partial charge in [0.05, 0.1) is 36.7 Å². The Kier molecular flexibility index (Phi) is 39.6. The van der Waals surface area contributed by atoms with E-state index in [1.165, 1.54) is 80.9 Å². The molecule has 0 spiro atoms. The van der Waals surface area contributed by atoms with E-state index in [0.29, 0.717) is 88.5 Å². The van der Waals surface area contributed by atoms with E-state index in [4.69, 9.17) is 25.8 Å². The maximum atomic E-state index is 13.6. The van der Waals surface area contributed by atoms with Crippen LogP contribution in [0.15, 0.2) is 199 Å². The molecule has 25 heteroatoms. The number of aromatic nitrogens is 1. The van der Waals surface area contributed by atoms with Gasteiger partial charge in [0, 0.05) is 137 Å². The highest BCUT2D eigenvalue weighted by molar-refractivity contribution is 9.10. The van der Waals surface area contributed by atoms with Gasteiger partial charge >= 0.3 is 24.1 Å². The summed E-state index contributed by atoms with van der Waals surface area (Å²) in [7, 11) is 4.83. The van der Waals surface area contributed by atoms with Crippen molar-refractivity contribution in [2.75, 3.05) is 95.0 Å². The molecular formula is C100H134BrClFN13O8S. The van der Waals surface area contributed by atoms with E-state index in [1.54, 1.807) is 39.5 Å². The van der Waals surface area contributed by atoms with Gasteiger partial charge in [-0.3, -0.25) is 5.32 Å². The number of thiazole rings is 1. The smallest absolute Gasteiger partial charge is 0.324 e. The minimum absolute atomic E-state index is 0.00405. The standard InChI is InChI=1S/C26H34N4O2S.C26H37N3O3.C24H31BrFN3O.C24H32ClN3O2/c1-4-9-19(2)29-16-14-21(15-17-29)30(18-20-10-6-5-7-11-20)26(31)28-25-27-24-22(32-3)12-8-13-23(24)33-25;1-5-10-20(2)28-17-15-22(16-18-28)29(19-21-11-7-6-8-12-21)26(30)27-25-23(31-3)13-9-14-24(25)32-4;1-3-7-18(2)28-14-12-21(13-15-28)29(17-19-8-5-4-6-9-19)24(30)27-23-11-10-20(26)16-22(23)25;1-3-7-18(2)27-14-12-21(13-15-27)28(17-19-8-5-4-6-9-19)24(30)26-20-10-11-23(29)22(25)16-20/h5-8,10-13,19,21H,4,9,14-18H2,1-3H3,(H,27,28,31);6-9,11-14,20,22H,5,10,15-19H2,1-4H3,(H,27,30);4-6,8-11,16,18,21H,3,7,12-15,17H2,1-2H3,(H,27,30);4-6,8-11,16,18,21,29H,3,7,12-15,17H2,1-2H3,(H,26,30). The summed E-state index contributed by atoms with van der Waals surface area (Å²) in [5.41, 5.74) is 6.98. The molecule has 0 bridgehead atoms. The summed E-state index contributed by atoms with van der Waals surface area (Å²) in [6, 6.07) is 63.6. The third-order valence-corrected chi connectivity index (χ3v) is 26.6. The van der Waals surface area contributed by atoms with E-state index in [1.807, 2.05) is 141 Å². The fourth-order valence-corrected chi connectivity index (χ4v) is 19.1. The summed E-state index contributed by atoms with van der Waals surface area (Å²) in [4.78, 5) is 76.2. The second kappa shape index (κ2) is 50.7. The summed E-state index contributed by atoms with van der Waals surface area (Å²) in [6.45, 7) is 28.6. The number of nitrogens with one attached hydrogen (secondary N) is 4. The lowest BCUT2D eigenvalue weighted by molar-refractivity contribution is 0.0986. The Morgan fingerprint density at radius 3 is 1.13 bits per heavy atom. The number of piperidine rings is 4. The summed E-state index contributed by atoms with van der Waals surface area (Å²) >= 11 is 10.8. The number of rotatable bonds is 31. The van der Waals surface area contributed by atoms with Crippen LogP contribution in [-0.4, -0.2) is 195 Å². The predicted molar refractivity (Wildman–Crippen MR) is 513 cm³/mol. The minimum Gasteiger partial charge on any atom is -0.506 e. The topological polar surface area (TPSA) is 203 Å². The quantitative estimate of drug-likeness (QED) is 0.0257. The SMILES string of the molecule is CCCC(C)N1CCC(N(Cc2ccccc2)C(=O)Nc2c(OC)cccc2OC)CC1.CCCC(C)N1CCC(N(Cc2ccccc2)C(=O)Nc2ccc(F)cc2Br)CC1.CCCC(C)N1CCC(N(Cc2ccccc2)C(=O)Nc2ccc(O)c(Cl)c2)CC1.CCCC(C)N1CCC(N(Cc2ccccc2)C(=O)Nc2nc3c(OC)cccc3s2)CC1. The van der Waals surface area contributed by atoms with Gasteiger partial charge in [0.2, 0.25) is 0 Å². The zero-order valence-electron chi connectivity index (χ0n) is 75.3. The van der Waals surface area contributed by atoms with Crippen molar-refractivity contribution >= 4 is 95.4 Å². The second-order valence-corrected chi connectivity index (χ2v) is 35.7. The lowest BCUT2D eigenvalue weighted by Crippen LogP contribution is -2.50. The molecule has 13 rings (SSSR count). The first-order valence-corrected chi connectivity index (χ1v) is 47.1. The largest absolute Gasteiger partial charge is 0.506 e. The number of phenolic OH excluding ortho intramolecular Hbond substituents is 1. The second-order valence-electron chi connectivity index (χ2n) is 33.4. The number of hydrogen-bond acceptors (Lipinski definition) is 14. The first-order chi connectivity index (χ1) is 60.6. The predicted octanol–water partition coefficient (Wildman–Crippen LogP) is 23.4. The molecule has 4 saturated heterocycles. The third-order valence-electron chi connectivity index (χ3n) is 24.8. The number of carbonyl (C=O) groups is 4. The summed E-state index contributed by atoms with van der Waals surface area (Å²) < 4.78 is 31.3. The molecule has 8 aromatic carbocycles. The lowest BCUT2D eigenvalue weighted by atomic mass is 10.00. The van der Waals surface area contributed by atoms with E-state index < -0.39 is 0 Å². The number of likely N-dealkylation sites (tertiary alicyclic amines) is 4. The molecule has 1 aromatic heterocycles. The van der Waals surface area contributed by atoms with Gasteiger partial charge in [0.25, 0.3) is 0 Å². The highest BCUT2D eigenvalue weighted by Crippen LogP contribution is 2.38. The van der Waals surface area contributed by atoms with Gasteiger partial charge in [-0.2, -0.15) is 0 Å². The maximum Gasteiger partial charge on any atom is 0.324 e. The van der Waals surface area contributed by atoms with Crippen LogP contribution in [0.25, 0.3) is 10.2 Å². The van der Waals surface area contributed by atoms with Crippen molar-refractivity contribution < 1.29 is 42.9 Å². The molecule has 674 valence electrons. The molecule has 5 N–H and O–H groups in total. The van der Waals surface area contributed by atoms with Gasteiger partial charge in [-0.1, -0.05) is 210 Å². The fourth-order valence-electron chi connectivity index (χ4n) is 17.6. The van der Waals surface area contributed by atoms with Crippen LogP contribution in [0.2, 0.25) is 5.02 Å². The van der Waals surface area contributed by atoms with Gasteiger partial charge in [-0.05, 0) is 204 Å². The average Bonchev–Trinajstić information content (AvgIpc) is 1.73. The molecular weight excluding hydrogens is 1680 g/mol. The van der Waals surface area contributed by atoms with Crippen LogP contribution in [0.3, 0.4) is 0 Å². The van der Waals surface area contributed by atoms with Crippen LogP contribution >= 0.6 is 38.9 Å². The number of phenols is 1. The third kappa shape index (κ3) is 29.3. The first-order valence-electron chi connectivity index (χ1n) is 45.1. The van der Waals surface area contributed by atoms with Crippen LogP contribution in [0.4, 0.5) is 45.8 Å². The van der Waals surface area contributed by atoms with Crippen molar-refractivity contribution in [3.05, 3.63) is 232 Å². The number of methoxy groups -OCH3 is 3. The molecule has 0 aliphatic carbocycles. The summed E-state index contributed by atoms with van der Waals surface area (Å²) in [6.07, 6.45) is 17.4. The summed E-state index contributed by atoms with van der Waals surface area (Å²) in [5.74, 6) is 1.55. The molecule has 4 fully saturated rings. The van der Waals surface area contributed by atoms with E-state index in [2.05, 4.69) is 154 Å². The normalized spacial score (nSPS) is 16.0. The van der Waals surface area contributed by atoms with Crippen molar-refractivity contribution in [3.8, 4) is 23.0 Å². The van der Waals surface area contributed by atoms with Crippen LogP contribution in [0.1, 0.15) is 180 Å². The van der Waals surface area contributed by atoms with Crippen molar-refractivity contribution in [1.82, 2.24) is 44.2 Å². The molecule has 21 nitrogen and oxygen atoms in total. The Morgan fingerprint density at radius 2 is 0.784 bits per heavy atom. The fraction of sp³-hybridized carbons (Fsp3) is 0.470. The monoisotopic (exact) mass is 1810 g/mol. The Bertz CT molecular complexity index is 4710. The number of amides is 8. The molecule has 4 atom stereocenters. The van der Waals surface area contributed by atoms with Crippen LogP contribution < -0.4 is 35.5 Å². The molecule has 4 unspecified atom stereocenters. The Labute approximate surface area is 759 Å². The number of ether oxygens (including phenoxy) is 3. The Balaban J connectivity index is 0.000000174. The van der Waals surface area contributed by atoms with Crippen molar-refractivity contribution in [2.24, 2.45) is 0 Å². The van der Waals surface area contributed by atoms with Crippen LogP contribution in [0, 0.1) is 5.82 Å². The average molecular weight is 1810 g/mol. The number of benzene rings is 8. The molecule has 8 amide bonds. The molecule has 9 aromatic rings. The zero-order valence-corrected chi connectivity index (χ0v) is 78.4. The Morgan fingerprint density at radius 1 is 0.448 bits per heavy atom. The minimum atomic E-state index is -0.338. The number of para-hydroxylation sites is 2. The molecule has 0 radical (unpaired) electrons. The number of urea groups is 4. The van der Waals surface area contributed by atoms with Gasteiger partial charge in [0.1, 0.15) is 40.0 Å². The van der Waals surface area contributed by atoms with Crippen LogP contribution in [-0.2, 0) is 26.2 Å². The van der Waals surface area contributed by atoms with Crippen molar-refractivity contribution in [1.29, 1.82) is 0 Å². The lowest BCUT2D eigenvalue weighted by Gasteiger charge is -2.40. The highest BCUT2D eigenvalue weighted by Gasteiger charge is 2.36. The van der Waals surface area contributed by atoms with Crippen LogP contribution in [0.5, 0.6) is 23.0 Å². The Hall–Kier alpha value is -9.53. The number of halogens is 3. The van der Waals surface area contributed by atoms with Gasteiger partial charge in [-0.15, -0.1) is 0 Å². The maximum absolute atomic E-state index is 13.6. The first kappa shape index (κ1) is 97.7. The molecule has 125 heavy (non-hydrogen) atoms. The number of fused-ring (bicyclic) bond motifs is 1.